The summed E-state index contributed by atoms with van der Waals surface area (Å²) >= 11 is 0. The Morgan fingerprint density at radius 1 is 1.00 bits per heavy atom. The van der Waals surface area contributed by atoms with E-state index in [0.717, 1.165) is 95.6 Å². The van der Waals surface area contributed by atoms with Gasteiger partial charge in [-0.15, -0.1) is 0 Å². The summed E-state index contributed by atoms with van der Waals surface area (Å²) < 4.78 is 30.2. The number of fused-ring (bicyclic) bond motifs is 1. The van der Waals surface area contributed by atoms with E-state index >= 15 is 0 Å². The third kappa shape index (κ3) is 5.62. The van der Waals surface area contributed by atoms with Gasteiger partial charge in [0.05, 0.1) is 18.0 Å². The average molecular weight is 539 g/mol. The van der Waals surface area contributed by atoms with E-state index in [1.807, 2.05) is 9.47 Å². The van der Waals surface area contributed by atoms with E-state index in [-0.39, 0.29) is 29.7 Å². The number of hydrogen-bond acceptors (Lipinski definition) is 6. The lowest BCUT2D eigenvalue weighted by atomic mass is 9.85. The standard InChI is InChI=1S/C29H36F2N6O2/c30-20-7-12-24(23(31)16-20)33-29-34-25-17-32-26(15-18-3-10-22(38)11-4-18)35-27(25)37(29)21-8-5-19(6-9-21)28(39)36-13-1-2-14-36/h7,12,16-19,21-22,38H,1-6,8-11,13-15H2,(H,33,34). The molecule has 1 aromatic carbocycles. The van der Waals surface area contributed by atoms with Crippen LogP contribution in [0.3, 0.4) is 0 Å². The van der Waals surface area contributed by atoms with E-state index in [9.17, 15) is 18.7 Å². The summed E-state index contributed by atoms with van der Waals surface area (Å²) in [6.45, 7) is 1.73. The average Bonchev–Trinajstić information content (AvgIpc) is 3.60. The lowest BCUT2D eigenvalue weighted by molar-refractivity contribution is -0.135. The summed E-state index contributed by atoms with van der Waals surface area (Å²) in [7, 11) is 0. The van der Waals surface area contributed by atoms with Gasteiger partial charge in [0.1, 0.15) is 23.0 Å². The number of hydrogen-bond donors (Lipinski definition) is 2. The maximum Gasteiger partial charge on any atom is 0.225 e. The summed E-state index contributed by atoms with van der Waals surface area (Å²) in [5.41, 5.74) is 1.44. The Kier molecular flexibility index (Phi) is 7.47. The van der Waals surface area contributed by atoms with Gasteiger partial charge in [0, 0.05) is 37.5 Å². The van der Waals surface area contributed by atoms with E-state index in [0.29, 0.717) is 23.0 Å². The van der Waals surface area contributed by atoms with Gasteiger partial charge in [0.2, 0.25) is 11.9 Å². The van der Waals surface area contributed by atoms with E-state index in [2.05, 4.69) is 10.3 Å². The number of aliphatic hydroxyl groups is 1. The molecule has 0 spiro atoms. The zero-order chi connectivity index (χ0) is 26.9. The first-order valence-electron chi connectivity index (χ1n) is 14.4. The molecule has 3 aliphatic rings. The fraction of sp³-hybridized carbons (Fsp3) is 0.586. The van der Waals surface area contributed by atoms with Gasteiger partial charge in [0.25, 0.3) is 0 Å². The van der Waals surface area contributed by atoms with Gasteiger partial charge in [0.15, 0.2) is 5.65 Å². The molecule has 0 bridgehead atoms. The summed E-state index contributed by atoms with van der Waals surface area (Å²) in [5.74, 6) is 0.583. The van der Waals surface area contributed by atoms with Crippen LogP contribution in [0.15, 0.2) is 24.4 Å². The van der Waals surface area contributed by atoms with Crippen molar-refractivity contribution in [1.29, 1.82) is 0 Å². The predicted octanol–water partition coefficient (Wildman–Crippen LogP) is 5.30. The summed E-state index contributed by atoms with van der Waals surface area (Å²) in [4.78, 5) is 29.3. The molecule has 2 N–H and O–H groups in total. The Bertz CT molecular complexity index is 1320. The molecule has 2 saturated carbocycles. The molecule has 0 radical (unpaired) electrons. The highest BCUT2D eigenvalue weighted by molar-refractivity contribution is 5.79. The van der Waals surface area contributed by atoms with Gasteiger partial charge in [-0.25, -0.2) is 23.7 Å². The Hall–Kier alpha value is -3.14. The zero-order valence-corrected chi connectivity index (χ0v) is 22.2. The number of amides is 1. The first-order valence-corrected chi connectivity index (χ1v) is 14.4. The lowest BCUT2D eigenvalue weighted by Gasteiger charge is -2.32. The number of nitrogens with one attached hydrogen (secondary N) is 1. The van der Waals surface area contributed by atoms with Crippen LogP contribution in [0.1, 0.15) is 76.1 Å². The third-order valence-corrected chi connectivity index (χ3v) is 8.78. The molecular weight excluding hydrogens is 502 g/mol. The number of likely N-dealkylation sites (tertiary alicyclic amines) is 1. The number of anilines is 2. The molecular formula is C29H36F2N6O2. The quantitative estimate of drug-likeness (QED) is 0.443. The molecule has 6 rings (SSSR count). The van der Waals surface area contributed by atoms with Crippen LogP contribution in [0.5, 0.6) is 0 Å². The molecule has 0 unspecified atom stereocenters. The van der Waals surface area contributed by atoms with E-state index in [4.69, 9.17) is 9.97 Å². The maximum absolute atomic E-state index is 14.6. The molecule has 0 atom stereocenters. The first-order chi connectivity index (χ1) is 18.9. The van der Waals surface area contributed by atoms with Crippen LogP contribution < -0.4 is 5.32 Å². The van der Waals surface area contributed by atoms with Crippen LogP contribution >= 0.6 is 0 Å². The molecule has 208 valence electrons. The number of benzene rings is 1. The van der Waals surface area contributed by atoms with Crippen molar-refractivity contribution in [1.82, 2.24) is 24.4 Å². The topological polar surface area (TPSA) is 96.2 Å². The van der Waals surface area contributed by atoms with E-state index in [1.54, 1.807) is 6.20 Å². The number of nitrogens with zero attached hydrogens (tertiary/aromatic N) is 5. The minimum atomic E-state index is -0.695. The second kappa shape index (κ2) is 11.2. The number of rotatable bonds is 6. The second-order valence-corrected chi connectivity index (χ2v) is 11.5. The molecule has 39 heavy (non-hydrogen) atoms. The molecule has 2 aromatic heterocycles. The Labute approximate surface area is 226 Å². The monoisotopic (exact) mass is 538 g/mol. The summed E-state index contributed by atoms with van der Waals surface area (Å²) in [6.07, 6.45) is 11.1. The second-order valence-electron chi connectivity index (χ2n) is 11.5. The van der Waals surface area contributed by atoms with Crippen LogP contribution in [0.25, 0.3) is 11.2 Å². The van der Waals surface area contributed by atoms with Crippen molar-refractivity contribution in [2.75, 3.05) is 18.4 Å². The van der Waals surface area contributed by atoms with Gasteiger partial charge in [-0.2, -0.15) is 0 Å². The van der Waals surface area contributed by atoms with E-state index in [1.165, 1.54) is 12.1 Å². The number of carbonyl (C=O) groups is 1. The highest BCUT2D eigenvalue weighted by atomic mass is 19.1. The molecule has 8 nitrogen and oxygen atoms in total. The van der Waals surface area contributed by atoms with Gasteiger partial charge in [-0.3, -0.25) is 9.36 Å². The Balaban J connectivity index is 1.28. The minimum Gasteiger partial charge on any atom is -0.393 e. The molecule has 1 amide bonds. The highest BCUT2D eigenvalue weighted by Crippen LogP contribution is 2.38. The Morgan fingerprint density at radius 2 is 1.74 bits per heavy atom. The van der Waals surface area contributed by atoms with Crippen molar-refractivity contribution in [3.63, 3.8) is 0 Å². The molecule has 3 fully saturated rings. The van der Waals surface area contributed by atoms with Crippen LogP contribution in [-0.4, -0.2) is 54.6 Å². The molecule has 1 aliphatic heterocycles. The predicted molar refractivity (Wildman–Crippen MR) is 143 cm³/mol. The van der Waals surface area contributed by atoms with E-state index < -0.39 is 11.6 Å². The lowest BCUT2D eigenvalue weighted by Crippen LogP contribution is -2.36. The molecule has 3 heterocycles. The fourth-order valence-corrected chi connectivity index (χ4v) is 6.55. The van der Waals surface area contributed by atoms with Crippen LogP contribution in [0.2, 0.25) is 0 Å². The maximum atomic E-state index is 14.6. The SMILES string of the molecule is O=C(C1CCC(n2c(Nc3ccc(F)cc3F)nc3cnc(CC4CCC(O)CC4)nc32)CC1)N1CCCC1. The zero-order valence-electron chi connectivity index (χ0n) is 22.2. The Morgan fingerprint density at radius 3 is 2.46 bits per heavy atom. The number of aliphatic hydroxyl groups excluding tert-OH is 1. The number of halogens is 2. The number of aromatic nitrogens is 4. The fourth-order valence-electron chi connectivity index (χ4n) is 6.55. The smallest absolute Gasteiger partial charge is 0.225 e. The van der Waals surface area contributed by atoms with Crippen molar-refractivity contribution in [3.8, 4) is 0 Å². The van der Waals surface area contributed by atoms with Gasteiger partial charge < -0.3 is 15.3 Å². The molecule has 2 aliphatic carbocycles. The third-order valence-electron chi connectivity index (χ3n) is 8.78. The van der Waals surface area contributed by atoms with Crippen LogP contribution in [0, 0.1) is 23.5 Å². The van der Waals surface area contributed by atoms with Crippen molar-refractivity contribution < 1.29 is 18.7 Å². The summed E-state index contributed by atoms with van der Waals surface area (Å²) in [6, 6.07) is 3.47. The van der Waals surface area contributed by atoms with Crippen molar-refractivity contribution in [3.05, 3.63) is 41.9 Å². The number of carbonyl (C=O) groups excluding carboxylic acids is 1. The van der Waals surface area contributed by atoms with Gasteiger partial charge >= 0.3 is 0 Å². The van der Waals surface area contributed by atoms with Gasteiger partial charge in [-0.1, -0.05) is 0 Å². The minimum absolute atomic E-state index is 0.0342. The normalized spacial score (nSPS) is 25.8. The van der Waals surface area contributed by atoms with Crippen molar-refractivity contribution in [2.45, 2.75) is 82.8 Å². The molecule has 10 heteroatoms. The molecule has 3 aromatic rings. The molecule has 1 saturated heterocycles. The first kappa shape index (κ1) is 26.1. The number of imidazole rings is 1. The largest absolute Gasteiger partial charge is 0.393 e. The highest BCUT2D eigenvalue weighted by Gasteiger charge is 2.33. The van der Waals surface area contributed by atoms with Crippen molar-refractivity contribution in [2.24, 2.45) is 11.8 Å². The summed E-state index contributed by atoms with van der Waals surface area (Å²) in [5, 5.41) is 12.9. The van der Waals surface area contributed by atoms with Crippen LogP contribution in [-0.2, 0) is 11.2 Å². The van der Waals surface area contributed by atoms with Gasteiger partial charge in [-0.05, 0) is 82.3 Å². The van der Waals surface area contributed by atoms with Crippen molar-refractivity contribution >= 4 is 28.7 Å². The van der Waals surface area contributed by atoms with Crippen LogP contribution in [0.4, 0.5) is 20.4 Å².